The SMILES string of the molecule is O=S(=O)(F)c1cc(O)c(F)c(F)c1. The number of rotatable bonds is 1. The van der Waals surface area contributed by atoms with Crippen LogP contribution < -0.4 is 0 Å². The molecule has 0 unspecified atom stereocenters. The highest BCUT2D eigenvalue weighted by atomic mass is 32.3. The van der Waals surface area contributed by atoms with E-state index in [1.807, 2.05) is 0 Å². The second-order valence-electron chi connectivity index (χ2n) is 2.18. The Morgan fingerprint density at radius 2 is 1.77 bits per heavy atom. The van der Waals surface area contributed by atoms with Crippen molar-refractivity contribution in [3.8, 4) is 5.75 Å². The van der Waals surface area contributed by atoms with E-state index in [0.29, 0.717) is 0 Å². The van der Waals surface area contributed by atoms with Gasteiger partial charge in [-0.3, -0.25) is 0 Å². The zero-order valence-electron chi connectivity index (χ0n) is 5.96. The number of hydrogen-bond donors (Lipinski definition) is 1. The van der Waals surface area contributed by atoms with Crippen molar-refractivity contribution in [2.24, 2.45) is 0 Å². The van der Waals surface area contributed by atoms with Gasteiger partial charge in [-0.05, 0) is 6.07 Å². The van der Waals surface area contributed by atoms with Gasteiger partial charge in [-0.2, -0.15) is 12.8 Å². The molecule has 1 N–H and O–H groups in total. The van der Waals surface area contributed by atoms with Crippen LogP contribution in [0.15, 0.2) is 17.0 Å². The lowest BCUT2D eigenvalue weighted by molar-refractivity contribution is 0.403. The molecule has 1 rings (SSSR count). The predicted octanol–water partition coefficient (Wildman–Crippen LogP) is 1.33. The Bertz CT molecular complexity index is 417. The molecule has 0 aliphatic heterocycles. The van der Waals surface area contributed by atoms with Gasteiger partial charge in [-0.15, -0.1) is 3.89 Å². The fourth-order valence-electron chi connectivity index (χ4n) is 0.691. The number of aromatic hydroxyl groups is 1. The van der Waals surface area contributed by atoms with E-state index in [4.69, 9.17) is 5.11 Å². The Morgan fingerprint density at radius 3 is 2.15 bits per heavy atom. The first-order chi connectivity index (χ1) is 5.82. The average Bonchev–Trinajstić information content (AvgIpc) is 1.97. The van der Waals surface area contributed by atoms with Crippen LogP contribution in [0.25, 0.3) is 0 Å². The van der Waals surface area contributed by atoms with Crippen molar-refractivity contribution in [1.29, 1.82) is 0 Å². The molecule has 0 saturated heterocycles. The molecule has 3 nitrogen and oxygen atoms in total. The third-order valence-corrected chi connectivity index (χ3v) is 2.06. The predicted molar refractivity (Wildman–Crippen MR) is 36.3 cm³/mol. The fourth-order valence-corrected chi connectivity index (χ4v) is 1.19. The number of halogens is 3. The minimum atomic E-state index is -5.13. The lowest BCUT2D eigenvalue weighted by atomic mass is 10.3. The van der Waals surface area contributed by atoms with Crippen LogP contribution in [0.1, 0.15) is 0 Å². The zero-order chi connectivity index (χ0) is 10.2. The van der Waals surface area contributed by atoms with Gasteiger partial charge >= 0.3 is 10.2 Å². The lowest BCUT2D eigenvalue weighted by Crippen LogP contribution is -1.95. The van der Waals surface area contributed by atoms with Crippen molar-refractivity contribution < 1.29 is 26.2 Å². The normalized spacial score (nSPS) is 11.6. The maximum absolute atomic E-state index is 12.4. The Labute approximate surface area is 71.6 Å². The molecular weight excluding hydrogens is 209 g/mol. The van der Waals surface area contributed by atoms with E-state index in [0.717, 1.165) is 0 Å². The van der Waals surface area contributed by atoms with E-state index in [2.05, 4.69) is 0 Å². The molecule has 0 aromatic heterocycles. The molecule has 13 heavy (non-hydrogen) atoms. The van der Waals surface area contributed by atoms with Crippen LogP contribution >= 0.6 is 0 Å². The highest BCUT2D eigenvalue weighted by molar-refractivity contribution is 7.86. The molecule has 7 heteroatoms. The van der Waals surface area contributed by atoms with Crippen LogP contribution in [0.2, 0.25) is 0 Å². The minimum absolute atomic E-state index is 0.143. The average molecular weight is 212 g/mol. The van der Waals surface area contributed by atoms with E-state index in [1.54, 1.807) is 0 Å². The van der Waals surface area contributed by atoms with Crippen molar-refractivity contribution in [2.75, 3.05) is 0 Å². The highest BCUT2D eigenvalue weighted by Gasteiger charge is 2.18. The van der Waals surface area contributed by atoms with Gasteiger partial charge < -0.3 is 5.11 Å². The number of phenolic OH excluding ortho intramolecular Hbond substituents is 1. The van der Waals surface area contributed by atoms with Gasteiger partial charge in [0.2, 0.25) is 0 Å². The van der Waals surface area contributed by atoms with E-state index >= 15 is 0 Å². The third kappa shape index (κ3) is 1.92. The first kappa shape index (κ1) is 9.85. The van der Waals surface area contributed by atoms with Gasteiger partial charge in [0, 0.05) is 6.07 Å². The standard InChI is InChI=1S/C6H3F3O3S/c7-4-1-3(13(9,11)12)2-5(10)6(4)8/h1-2,10H. The molecule has 0 fully saturated rings. The molecule has 0 heterocycles. The molecule has 72 valence electrons. The van der Waals surface area contributed by atoms with Crippen LogP contribution in [0, 0.1) is 11.6 Å². The molecule has 1 aromatic rings. The summed E-state index contributed by atoms with van der Waals surface area (Å²) >= 11 is 0. The van der Waals surface area contributed by atoms with Crippen LogP contribution in [-0.4, -0.2) is 13.5 Å². The molecular formula is C6H3F3O3S. The van der Waals surface area contributed by atoms with Gasteiger partial charge in [0.15, 0.2) is 17.4 Å². The Kier molecular flexibility index (Phi) is 2.21. The first-order valence-electron chi connectivity index (χ1n) is 2.95. The molecule has 1 aromatic carbocycles. The van der Waals surface area contributed by atoms with Crippen molar-refractivity contribution in [2.45, 2.75) is 4.90 Å². The third-order valence-electron chi connectivity index (χ3n) is 1.26. The van der Waals surface area contributed by atoms with Crippen molar-refractivity contribution in [3.05, 3.63) is 23.8 Å². The Balaban J connectivity index is 3.47. The zero-order valence-corrected chi connectivity index (χ0v) is 6.78. The summed E-state index contributed by atoms with van der Waals surface area (Å²) in [5, 5.41) is 8.60. The molecule has 0 spiro atoms. The van der Waals surface area contributed by atoms with Crippen LogP contribution in [0.4, 0.5) is 12.7 Å². The summed E-state index contributed by atoms with van der Waals surface area (Å²) in [7, 11) is -5.13. The highest BCUT2D eigenvalue weighted by Crippen LogP contribution is 2.24. The molecule has 0 atom stereocenters. The maximum Gasteiger partial charge on any atom is 0.332 e. The van der Waals surface area contributed by atoms with Crippen molar-refractivity contribution in [1.82, 2.24) is 0 Å². The van der Waals surface area contributed by atoms with E-state index < -0.39 is 32.5 Å². The molecule has 0 saturated carbocycles. The van der Waals surface area contributed by atoms with Crippen LogP contribution in [0.5, 0.6) is 5.75 Å². The Morgan fingerprint density at radius 1 is 1.23 bits per heavy atom. The summed E-state index contributed by atoms with van der Waals surface area (Å²) in [6.45, 7) is 0. The summed E-state index contributed by atoms with van der Waals surface area (Å²) in [5.41, 5.74) is 0. The second-order valence-corrected chi connectivity index (χ2v) is 3.52. The van der Waals surface area contributed by atoms with Crippen LogP contribution in [-0.2, 0) is 10.2 Å². The maximum atomic E-state index is 12.4. The number of phenols is 1. The summed E-state index contributed by atoms with van der Waals surface area (Å²) in [6.07, 6.45) is 0. The largest absolute Gasteiger partial charge is 0.505 e. The summed E-state index contributed by atoms with van der Waals surface area (Å²) in [4.78, 5) is -1.12. The smallest absolute Gasteiger partial charge is 0.332 e. The van der Waals surface area contributed by atoms with E-state index in [1.165, 1.54) is 0 Å². The van der Waals surface area contributed by atoms with Crippen molar-refractivity contribution >= 4 is 10.2 Å². The van der Waals surface area contributed by atoms with Gasteiger partial charge in [0.05, 0.1) is 0 Å². The number of hydrogen-bond acceptors (Lipinski definition) is 3. The quantitative estimate of drug-likeness (QED) is 0.714. The van der Waals surface area contributed by atoms with E-state index in [-0.39, 0.29) is 12.1 Å². The molecule has 0 aliphatic rings. The van der Waals surface area contributed by atoms with Crippen molar-refractivity contribution in [3.63, 3.8) is 0 Å². The van der Waals surface area contributed by atoms with Gasteiger partial charge in [-0.25, -0.2) is 4.39 Å². The molecule has 0 amide bonds. The summed E-state index contributed by atoms with van der Waals surface area (Å²) < 4.78 is 57.3. The monoisotopic (exact) mass is 212 g/mol. The summed E-state index contributed by atoms with van der Waals surface area (Å²) in [6, 6.07) is 0.429. The van der Waals surface area contributed by atoms with E-state index in [9.17, 15) is 21.1 Å². The molecule has 0 aliphatic carbocycles. The topological polar surface area (TPSA) is 54.4 Å². The minimum Gasteiger partial charge on any atom is -0.505 e. The number of benzene rings is 1. The summed E-state index contributed by atoms with van der Waals surface area (Å²) in [5.74, 6) is -4.50. The second kappa shape index (κ2) is 2.91. The molecule has 0 bridgehead atoms. The first-order valence-corrected chi connectivity index (χ1v) is 4.33. The molecule has 0 radical (unpaired) electrons. The van der Waals surface area contributed by atoms with Gasteiger partial charge in [0.1, 0.15) is 4.90 Å². The van der Waals surface area contributed by atoms with Gasteiger partial charge in [0.25, 0.3) is 0 Å². The fraction of sp³-hybridized carbons (Fsp3) is 0. The van der Waals surface area contributed by atoms with Crippen LogP contribution in [0.3, 0.4) is 0 Å². The lowest BCUT2D eigenvalue weighted by Gasteiger charge is -1.98. The Hall–Kier alpha value is -1.24. The van der Waals surface area contributed by atoms with Gasteiger partial charge in [-0.1, -0.05) is 0 Å².